The number of hydrogen-bond donors (Lipinski definition) is 1. The van der Waals surface area contributed by atoms with Gasteiger partial charge in [0.25, 0.3) is 0 Å². The average molecular weight is 431 g/mol. The fourth-order valence-electron chi connectivity index (χ4n) is 2.52. The Labute approximate surface area is 173 Å². The largest absolute Gasteiger partial charge is 0.461 e. The molecule has 0 unspecified atom stereocenters. The summed E-state index contributed by atoms with van der Waals surface area (Å²) < 4.78 is 37.2. The summed E-state index contributed by atoms with van der Waals surface area (Å²) in [7, 11) is 0. The van der Waals surface area contributed by atoms with Gasteiger partial charge in [-0.1, -0.05) is 32.4 Å². The van der Waals surface area contributed by atoms with Crippen LogP contribution in [0.3, 0.4) is 0 Å². The molecule has 0 spiro atoms. The maximum Gasteiger partial charge on any atom is 0.387 e. The number of nitrogens with zero attached hydrogens (tertiary/aromatic N) is 3. The zero-order chi connectivity index (χ0) is 21.8. The van der Waals surface area contributed by atoms with E-state index in [1.54, 1.807) is 13.8 Å². The van der Waals surface area contributed by atoms with Crippen LogP contribution in [0.2, 0.25) is 5.02 Å². The highest BCUT2D eigenvalue weighted by atomic mass is 35.5. The molecule has 0 radical (unpaired) electrons. The number of aromatic nitrogens is 3. The highest BCUT2D eigenvalue weighted by Crippen LogP contribution is 2.38. The molecular formula is C19H25ClF2N4O3. The van der Waals surface area contributed by atoms with Gasteiger partial charge < -0.3 is 14.8 Å². The van der Waals surface area contributed by atoms with Gasteiger partial charge >= 0.3 is 12.6 Å². The van der Waals surface area contributed by atoms with Gasteiger partial charge in [-0.15, -0.1) is 0 Å². The Morgan fingerprint density at radius 3 is 2.59 bits per heavy atom. The number of alkyl halides is 2. The number of nitrogens with one attached hydrogen (secondary N) is 1. The summed E-state index contributed by atoms with van der Waals surface area (Å²) in [6.07, 6.45) is 1.37. The molecule has 0 amide bonds. The molecule has 0 aliphatic heterocycles. The summed E-state index contributed by atoms with van der Waals surface area (Å²) >= 11 is 6.37. The molecule has 2 rings (SSSR count). The smallest absolute Gasteiger partial charge is 0.387 e. The van der Waals surface area contributed by atoms with Crippen LogP contribution in [0.4, 0.5) is 14.6 Å². The van der Waals surface area contributed by atoms with Crippen LogP contribution in [0, 0.1) is 5.41 Å². The van der Waals surface area contributed by atoms with Crippen molar-refractivity contribution >= 4 is 23.4 Å². The van der Waals surface area contributed by atoms with Crippen LogP contribution >= 0.6 is 11.6 Å². The maximum absolute atomic E-state index is 13.0. The molecule has 0 saturated carbocycles. The highest BCUT2D eigenvalue weighted by Gasteiger charge is 2.26. The summed E-state index contributed by atoms with van der Waals surface area (Å²) in [5.41, 5.74) is 0.315. The lowest BCUT2D eigenvalue weighted by Crippen LogP contribution is -2.19. The van der Waals surface area contributed by atoms with Crippen LogP contribution < -0.4 is 10.1 Å². The van der Waals surface area contributed by atoms with Crippen molar-refractivity contribution in [3.05, 3.63) is 23.0 Å². The van der Waals surface area contributed by atoms with Gasteiger partial charge in [-0.3, -0.25) is 4.68 Å². The summed E-state index contributed by atoms with van der Waals surface area (Å²) in [5.74, 6) is -0.444. The van der Waals surface area contributed by atoms with Gasteiger partial charge in [-0.05, 0) is 19.3 Å². The molecule has 2 heterocycles. The molecule has 0 bridgehead atoms. The fourth-order valence-corrected chi connectivity index (χ4v) is 2.83. The lowest BCUT2D eigenvalue weighted by molar-refractivity contribution is -0.0494. The topological polar surface area (TPSA) is 78.3 Å². The molecule has 29 heavy (non-hydrogen) atoms. The monoisotopic (exact) mass is 430 g/mol. The van der Waals surface area contributed by atoms with E-state index in [1.165, 1.54) is 16.9 Å². The van der Waals surface area contributed by atoms with Crippen molar-refractivity contribution in [2.75, 3.05) is 18.5 Å². The second-order valence-electron chi connectivity index (χ2n) is 7.41. The van der Waals surface area contributed by atoms with Crippen LogP contribution in [-0.2, 0) is 11.3 Å². The Morgan fingerprint density at radius 1 is 1.34 bits per heavy atom. The van der Waals surface area contributed by atoms with Crippen molar-refractivity contribution in [1.29, 1.82) is 0 Å². The van der Waals surface area contributed by atoms with E-state index in [4.69, 9.17) is 21.1 Å². The average Bonchev–Trinajstić information content (AvgIpc) is 2.96. The molecule has 0 saturated heterocycles. The fraction of sp³-hybridized carbons (Fsp3) is 0.526. The van der Waals surface area contributed by atoms with Crippen molar-refractivity contribution in [2.24, 2.45) is 5.41 Å². The Hall–Kier alpha value is -2.42. The molecule has 1 N–H and O–H groups in total. The standard InChI is InChI=1S/C19H25ClF2N4O3/c1-6-26-16(14(20)15(25-26)17(27)28-7-2)11-9-23-13(24-10-19(3,4)5)8-12(11)29-18(21)22/h8-9,18H,6-7,10H2,1-5H3,(H,23,24). The van der Waals surface area contributed by atoms with E-state index in [2.05, 4.69) is 15.4 Å². The predicted octanol–water partition coefficient (Wildman–Crippen LogP) is 4.85. The molecular weight excluding hydrogens is 406 g/mol. The number of anilines is 1. The van der Waals surface area contributed by atoms with Crippen LogP contribution in [0.1, 0.15) is 45.1 Å². The van der Waals surface area contributed by atoms with Crippen molar-refractivity contribution in [3.8, 4) is 17.0 Å². The molecule has 2 aromatic rings. The number of esters is 1. The van der Waals surface area contributed by atoms with Crippen molar-refractivity contribution in [3.63, 3.8) is 0 Å². The normalized spacial score (nSPS) is 11.6. The molecule has 0 atom stereocenters. The lowest BCUT2D eigenvalue weighted by atomic mass is 9.97. The first-order chi connectivity index (χ1) is 13.6. The van der Waals surface area contributed by atoms with Gasteiger partial charge in [-0.25, -0.2) is 9.78 Å². The second-order valence-corrected chi connectivity index (χ2v) is 7.78. The molecule has 0 fully saturated rings. The van der Waals surface area contributed by atoms with Crippen LogP contribution in [-0.4, -0.2) is 40.5 Å². The van der Waals surface area contributed by atoms with Crippen molar-refractivity contribution in [1.82, 2.24) is 14.8 Å². The number of rotatable bonds is 8. The Kier molecular flexibility index (Phi) is 7.40. The second kappa shape index (κ2) is 9.39. The van der Waals surface area contributed by atoms with E-state index in [-0.39, 0.29) is 39.7 Å². The van der Waals surface area contributed by atoms with Gasteiger partial charge in [-0.2, -0.15) is 13.9 Å². The van der Waals surface area contributed by atoms with E-state index in [0.29, 0.717) is 18.9 Å². The SMILES string of the molecule is CCOC(=O)c1nn(CC)c(-c2cnc(NCC(C)(C)C)cc2OC(F)F)c1Cl. The van der Waals surface area contributed by atoms with E-state index < -0.39 is 12.6 Å². The quantitative estimate of drug-likeness (QED) is 0.603. The number of hydrogen-bond acceptors (Lipinski definition) is 6. The summed E-state index contributed by atoms with van der Waals surface area (Å²) in [6.45, 7) is 7.55. The molecule has 10 heteroatoms. The van der Waals surface area contributed by atoms with Crippen molar-refractivity contribution in [2.45, 2.75) is 47.8 Å². The van der Waals surface area contributed by atoms with Crippen LogP contribution in [0.5, 0.6) is 5.75 Å². The van der Waals surface area contributed by atoms with Gasteiger partial charge in [0.1, 0.15) is 16.6 Å². The zero-order valence-electron chi connectivity index (χ0n) is 17.1. The molecule has 0 aliphatic rings. The molecule has 160 valence electrons. The predicted molar refractivity (Wildman–Crippen MR) is 107 cm³/mol. The minimum Gasteiger partial charge on any atom is -0.461 e. The number of pyridine rings is 1. The molecule has 7 nitrogen and oxygen atoms in total. The van der Waals surface area contributed by atoms with Gasteiger partial charge in [0.15, 0.2) is 5.69 Å². The van der Waals surface area contributed by atoms with Gasteiger partial charge in [0, 0.05) is 25.4 Å². The third-order valence-electron chi connectivity index (χ3n) is 3.80. The minimum atomic E-state index is -3.05. The molecule has 2 aromatic heterocycles. The Balaban J connectivity index is 2.53. The first-order valence-corrected chi connectivity index (χ1v) is 9.57. The van der Waals surface area contributed by atoms with Crippen LogP contribution in [0.15, 0.2) is 12.3 Å². The summed E-state index contributed by atoms with van der Waals surface area (Å²) in [4.78, 5) is 16.4. The Morgan fingerprint density at radius 2 is 2.03 bits per heavy atom. The summed E-state index contributed by atoms with van der Waals surface area (Å²) in [5, 5.41) is 7.24. The number of carbonyl (C=O) groups is 1. The first kappa shape index (κ1) is 22.9. The number of carbonyl (C=O) groups excluding carboxylic acids is 1. The summed E-state index contributed by atoms with van der Waals surface area (Å²) in [6, 6.07) is 1.38. The van der Waals surface area contributed by atoms with E-state index in [9.17, 15) is 13.6 Å². The number of halogens is 3. The lowest BCUT2D eigenvalue weighted by Gasteiger charge is -2.20. The van der Waals surface area contributed by atoms with E-state index in [1.807, 2.05) is 20.8 Å². The molecule has 0 aliphatic carbocycles. The zero-order valence-corrected chi connectivity index (χ0v) is 17.8. The van der Waals surface area contributed by atoms with Crippen LogP contribution in [0.25, 0.3) is 11.3 Å². The Bertz CT molecular complexity index is 866. The molecule has 0 aromatic carbocycles. The van der Waals surface area contributed by atoms with Crippen molar-refractivity contribution < 1.29 is 23.0 Å². The van der Waals surface area contributed by atoms with E-state index in [0.717, 1.165) is 0 Å². The number of ether oxygens (including phenoxy) is 2. The number of aryl methyl sites for hydroxylation is 1. The first-order valence-electron chi connectivity index (χ1n) is 9.19. The minimum absolute atomic E-state index is 0.0124. The highest BCUT2D eigenvalue weighted by molar-refractivity contribution is 6.36. The maximum atomic E-state index is 13.0. The third-order valence-corrected chi connectivity index (χ3v) is 4.16. The third kappa shape index (κ3) is 5.79. The van der Waals surface area contributed by atoms with Gasteiger partial charge in [0.05, 0.1) is 17.9 Å². The van der Waals surface area contributed by atoms with E-state index >= 15 is 0 Å². The van der Waals surface area contributed by atoms with Gasteiger partial charge in [0.2, 0.25) is 0 Å².